The van der Waals surface area contributed by atoms with Crippen molar-refractivity contribution in [3.8, 4) is 0 Å². The van der Waals surface area contributed by atoms with Gasteiger partial charge in [0.05, 0.1) is 0 Å². The summed E-state index contributed by atoms with van der Waals surface area (Å²) in [5.41, 5.74) is 0. The zero-order chi connectivity index (χ0) is 19.8. The Kier molecular flexibility index (Phi) is 13.9. The van der Waals surface area contributed by atoms with Gasteiger partial charge in [0, 0.05) is 25.7 Å². The standard InChI is InChI=1S/C18H30O8/c1-2-3-8-14(26-18(24)12-7-5-10-16(21)22)13-25-17(23)11-6-4-9-15(19)20/h14H,2-13H2,1H3,(H,19,20)(H,21,22). The lowest BCUT2D eigenvalue weighted by Crippen LogP contribution is -2.25. The predicted octanol–water partition coefficient (Wildman–Crippen LogP) is 2.92. The second-order valence-electron chi connectivity index (χ2n) is 6.14. The van der Waals surface area contributed by atoms with Crippen LogP contribution in [0.1, 0.15) is 77.6 Å². The fourth-order valence-electron chi connectivity index (χ4n) is 2.20. The molecular formula is C18H30O8. The number of hydrogen-bond donors (Lipinski definition) is 2. The number of carboxylic acid groups (broad SMARTS) is 2. The van der Waals surface area contributed by atoms with Crippen molar-refractivity contribution >= 4 is 23.9 Å². The quantitative estimate of drug-likeness (QED) is 0.312. The molecule has 0 aromatic heterocycles. The third-order valence-corrected chi connectivity index (χ3v) is 3.65. The molecule has 0 fully saturated rings. The number of esters is 2. The SMILES string of the molecule is CCCCC(COC(=O)CCCCC(=O)O)OC(=O)CCCCC(=O)O. The number of rotatable bonds is 16. The monoisotopic (exact) mass is 374 g/mol. The van der Waals surface area contributed by atoms with E-state index in [-0.39, 0.29) is 32.3 Å². The number of ether oxygens (including phenoxy) is 2. The summed E-state index contributed by atoms with van der Waals surface area (Å²) in [5, 5.41) is 17.1. The highest BCUT2D eigenvalue weighted by molar-refractivity contribution is 5.71. The molecule has 1 atom stereocenters. The third-order valence-electron chi connectivity index (χ3n) is 3.65. The molecule has 8 nitrogen and oxygen atoms in total. The van der Waals surface area contributed by atoms with Crippen LogP contribution in [-0.2, 0) is 28.7 Å². The highest BCUT2D eigenvalue weighted by Gasteiger charge is 2.16. The average molecular weight is 374 g/mol. The van der Waals surface area contributed by atoms with Gasteiger partial charge in [-0.05, 0) is 38.5 Å². The summed E-state index contributed by atoms with van der Waals surface area (Å²) >= 11 is 0. The highest BCUT2D eigenvalue weighted by atomic mass is 16.6. The second-order valence-corrected chi connectivity index (χ2v) is 6.14. The number of carbonyl (C=O) groups excluding carboxylic acids is 2. The predicted molar refractivity (Wildman–Crippen MR) is 92.6 cm³/mol. The Morgan fingerprint density at radius 3 is 1.77 bits per heavy atom. The molecule has 0 aromatic carbocycles. The lowest BCUT2D eigenvalue weighted by molar-refractivity contribution is -0.159. The van der Waals surface area contributed by atoms with E-state index in [1.165, 1.54) is 0 Å². The van der Waals surface area contributed by atoms with Crippen molar-refractivity contribution in [2.24, 2.45) is 0 Å². The maximum absolute atomic E-state index is 11.8. The Labute approximate surface area is 153 Å². The molecule has 0 aromatic rings. The molecule has 0 radical (unpaired) electrons. The van der Waals surface area contributed by atoms with Crippen molar-refractivity contribution in [1.82, 2.24) is 0 Å². The molecule has 1 unspecified atom stereocenters. The molecule has 8 heteroatoms. The van der Waals surface area contributed by atoms with Crippen LogP contribution in [0.5, 0.6) is 0 Å². The van der Waals surface area contributed by atoms with Crippen molar-refractivity contribution in [2.75, 3.05) is 6.61 Å². The lowest BCUT2D eigenvalue weighted by atomic mass is 10.1. The number of carboxylic acids is 2. The summed E-state index contributed by atoms with van der Waals surface area (Å²) < 4.78 is 10.5. The summed E-state index contributed by atoms with van der Waals surface area (Å²) in [5.74, 6) is -2.65. The van der Waals surface area contributed by atoms with E-state index < -0.39 is 30.0 Å². The van der Waals surface area contributed by atoms with Crippen LogP contribution in [0, 0.1) is 0 Å². The Balaban J connectivity index is 4.09. The molecule has 0 spiro atoms. The Bertz CT molecular complexity index is 446. The van der Waals surface area contributed by atoms with Crippen LogP contribution in [0.25, 0.3) is 0 Å². The fourth-order valence-corrected chi connectivity index (χ4v) is 2.20. The molecular weight excluding hydrogens is 344 g/mol. The molecule has 0 aliphatic rings. The van der Waals surface area contributed by atoms with Crippen LogP contribution < -0.4 is 0 Å². The third kappa shape index (κ3) is 15.4. The second kappa shape index (κ2) is 15.2. The Morgan fingerprint density at radius 1 is 0.769 bits per heavy atom. The summed E-state index contributed by atoms with van der Waals surface area (Å²) in [4.78, 5) is 44.3. The Morgan fingerprint density at radius 2 is 1.27 bits per heavy atom. The minimum Gasteiger partial charge on any atom is -0.481 e. The maximum atomic E-state index is 11.8. The molecule has 0 saturated carbocycles. The summed E-state index contributed by atoms with van der Waals surface area (Å²) in [6, 6.07) is 0. The van der Waals surface area contributed by atoms with Crippen LogP contribution in [0.3, 0.4) is 0 Å². The van der Waals surface area contributed by atoms with Crippen molar-refractivity contribution in [2.45, 2.75) is 83.7 Å². The zero-order valence-electron chi connectivity index (χ0n) is 15.4. The van der Waals surface area contributed by atoms with Gasteiger partial charge < -0.3 is 19.7 Å². The van der Waals surface area contributed by atoms with E-state index in [2.05, 4.69) is 0 Å². The van der Waals surface area contributed by atoms with E-state index in [1.54, 1.807) is 0 Å². The van der Waals surface area contributed by atoms with Gasteiger partial charge in [-0.1, -0.05) is 13.3 Å². The largest absolute Gasteiger partial charge is 0.481 e. The lowest BCUT2D eigenvalue weighted by Gasteiger charge is -2.18. The smallest absolute Gasteiger partial charge is 0.306 e. The van der Waals surface area contributed by atoms with E-state index in [0.29, 0.717) is 32.1 Å². The first-order valence-electron chi connectivity index (χ1n) is 9.13. The topological polar surface area (TPSA) is 127 Å². The summed E-state index contributed by atoms with van der Waals surface area (Å²) in [6.07, 6.45) is 3.83. The molecule has 26 heavy (non-hydrogen) atoms. The van der Waals surface area contributed by atoms with Gasteiger partial charge in [-0.25, -0.2) is 0 Å². The molecule has 0 rings (SSSR count). The molecule has 150 valence electrons. The van der Waals surface area contributed by atoms with Gasteiger partial charge in [-0.15, -0.1) is 0 Å². The Hall–Kier alpha value is -2.12. The number of hydrogen-bond acceptors (Lipinski definition) is 6. The van der Waals surface area contributed by atoms with Crippen LogP contribution in [0.4, 0.5) is 0 Å². The first-order chi connectivity index (χ1) is 12.3. The number of unbranched alkanes of at least 4 members (excludes halogenated alkanes) is 3. The van der Waals surface area contributed by atoms with Crippen LogP contribution in [0.15, 0.2) is 0 Å². The van der Waals surface area contributed by atoms with E-state index in [1.807, 2.05) is 6.92 Å². The maximum Gasteiger partial charge on any atom is 0.306 e. The molecule has 2 N–H and O–H groups in total. The van der Waals surface area contributed by atoms with Crippen LogP contribution >= 0.6 is 0 Å². The van der Waals surface area contributed by atoms with Crippen molar-refractivity contribution in [3.05, 3.63) is 0 Å². The molecule has 0 amide bonds. The first-order valence-corrected chi connectivity index (χ1v) is 9.13. The molecule has 0 heterocycles. The van der Waals surface area contributed by atoms with Crippen molar-refractivity contribution in [3.63, 3.8) is 0 Å². The van der Waals surface area contributed by atoms with Gasteiger partial charge in [0.25, 0.3) is 0 Å². The van der Waals surface area contributed by atoms with E-state index in [0.717, 1.165) is 12.8 Å². The van der Waals surface area contributed by atoms with Gasteiger partial charge in [0.1, 0.15) is 12.7 Å². The average Bonchev–Trinajstić information content (AvgIpc) is 2.57. The van der Waals surface area contributed by atoms with Crippen LogP contribution in [0.2, 0.25) is 0 Å². The van der Waals surface area contributed by atoms with Gasteiger partial charge in [-0.2, -0.15) is 0 Å². The molecule has 0 aliphatic heterocycles. The van der Waals surface area contributed by atoms with Gasteiger partial charge in [-0.3, -0.25) is 19.2 Å². The number of carbonyl (C=O) groups is 4. The fraction of sp³-hybridized carbons (Fsp3) is 0.778. The normalized spacial score (nSPS) is 11.6. The van der Waals surface area contributed by atoms with Gasteiger partial charge in [0.2, 0.25) is 0 Å². The minimum absolute atomic E-state index is 0.0152. The van der Waals surface area contributed by atoms with E-state index >= 15 is 0 Å². The summed E-state index contributed by atoms with van der Waals surface area (Å²) in [6.45, 7) is 1.98. The number of aliphatic carboxylic acids is 2. The van der Waals surface area contributed by atoms with E-state index in [4.69, 9.17) is 19.7 Å². The first kappa shape index (κ1) is 23.9. The van der Waals surface area contributed by atoms with E-state index in [9.17, 15) is 19.2 Å². The van der Waals surface area contributed by atoms with Gasteiger partial charge in [0.15, 0.2) is 0 Å². The van der Waals surface area contributed by atoms with Crippen molar-refractivity contribution in [1.29, 1.82) is 0 Å². The highest BCUT2D eigenvalue weighted by Crippen LogP contribution is 2.10. The molecule has 0 saturated heterocycles. The van der Waals surface area contributed by atoms with Gasteiger partial charge >= 0.3 is 23.9 Å². The zero-order valence-corrected chi connectivity index (χ0v) is 15.4. The minimum atomic E-state index is -0.895. The molecule has 0 bridgehead atoms. The summed E-state index contributed by atoms with van der Waals surface area (Å²) in [7, 11) is 0. The van der Waals surface area contributed by atoms with Crippen molar-refractivity contribution < 1.29 is 38.9 Å². The molecule has 0 aliphatic carbocycles. The van der Waals surface area contributed by atoms with Crippen LogP contribution in [-0.4, -0.2) is 46.8 Å².